The normalized spacial score (nSPS) is 11.6. The average molecular weight is 363 g/mol. The summed E-state index contributed by atoms with van der Waals surface area (Å²) in [6, 6.07) is 7.75. The molecule has 0 aromatic heterocycles. The molecule has 0 saturated carbocycles. The van der Waals surface area contributed by atoms with E-state index in [1.54, 1.807) is 0 Å². The van der Waals surface area contributed by atoms with Crippen molar-refractivity contribution in [3.8, 4) is 0 Å². The molecule has 60 valence electrons. The van der Waals surface area contributed by atoms with Crippen molar-refractivity contribution in [2.75, 3.05) is 0 Å². The second kappa shape index (κ2) is 3.77. The molecule has 11 heavy (non-hydrogen) atoms. The highest BCUT2D eigenvalue weighted by molar-refractivity contribution is 9.25. The first-order valence-electron chi connectivity index (χ1n) is 2.83. The van der Waals surface area contributed by atoms with Crippen molar-refractivity contribution < 1.29 is 0 Å². The molecule has 0 aliphatic rings. The molecular formula is C7H4Br3Cl. The van der Waals surface area contributed by atoms with Gasteiger partial charge in [0.2, 0.25) is 0 Å². The second-order valence-electron chi connectivity index (χ2n) is 2.01. The van der Waals surface area contributed by atoms with Gasteiger partial charge in [-0.15, -0.1) is 0 Å². The molecule has 0 amide bonds. The monoisotopic (exact) mass is 360 g/mol. The van der Waals surface area contributed by atoms with Crippen LogP contribution in [0.3, 0.4) is 0 Å². The molecule has 0 aliphatic heterocycles. The van der Waals surface area contributed by atoms with Gasteiger partial charge in [-0.25, -0.2) is 0 Å². The summed E-state index contributed by atoms with van der Waals surface area (Å²) in [5.74, 6) is 0. The SMILES string of the molecule is ClC(Br)(Br)c1cccc(Br)c1. The van der Waals surface area contributed by atoms with Crippen molar-refractivity contribution >= 4 is 59.4 Å². The van der Waals surface area contributed by atoms with E-state index in [4.69, 9.17) is 11.6 Å². The maximum Gasteiger partial charge on any atom is 0.178 e. The lowest BCUT2D eigenvalue weighted by atomic mass is 10.2. The first kappa shape index (κ1) is 10.0. The van der Waals surface area contributed by atoms with E-state index in [0.29, 0.717) is 0 Å². The quantitative estimate of drug-likeness (QED) is 0.641. The Morgan fingerprint density at radius 1 is 1.27 bits per heavy atom. The van der Waals surface area contributed by atoms with Crippen LogP contribution in [0.15, 0.2) is 28.7 Å². The fraction of sp³-hybridized carbons (Fsp3) is 0.143. The Labute approximate surface area is 95.7 Å². The smallest absolute Gasteiger partial charge is 0.0886 e. The van der Waals surface area contributed by atoms with Gasteiger partial charge in [0.05, 0.1) is 0 Å². The topological polar surface area (TPSA) is 0 Å². The lowest BCUT2D eigenvalue weighted by molar-refractivity contribution is 1.32. The predicted molar refractivity (Wildman–Crippen MR) is 59.5 cm³/mol. The first-order valence-corrected chi connectivity index (χ1v) is 5.58. The van der Waals surface area contributed by atoms with E-state index in [9.17, 15) is 0 Å². The summed E-state index contributed by atoms with van der Waals surface area (Å²) in [6.45, 7) is 0. The minimum absolute atomic E-state index is 0.649. The van der Waals surface area contributed by atoms with Gasteiger partial charge in [-0.1, -0.05) is 39.7 Å². The van der Waals surface area contributed by atoms with Crippen molar-refractivity contribution in [3.05, 3.63) is 34.3 Å². The van der Waals surface area contributed by atoms with E-state index in [1.807, 2.05) is 24.3 Å². The van der Waals surface area contributed by atoms with Crippen molar-refractivity contribution in [1.82, 2.24) is 0 Å². The van der Waals surface area contributed by atoms with E-state index in [0.717, 1.165) is 10.0 Å². The third kappa shape index (κ3) is 3.05. The molecular weight excluding hydrogens is 359 g/mol. The van der Waals surface area contributed by atoms with Crippen LogP contribution in [0.1, 0.15) is 5.56 Å². The fourth-order valence-electron chi connectivity index (χ4n) is 0.665. The summed E-state index contributed by atoms with van der Waals surface area (Å²) in [4.78, 5) is 0. The zero-order valence-electron chi connectivity index (χ0n) is 5.32. The third-order valence-corrected chi connectivity index (χ3v) is 2.78. The minimum atomic E-state index is -0.649. The number of hydrogen-bond acceptors (Lipinski definition) is 0. The molecule has 0 fully saturated rings. The van der Waals surface area contributed by atoms with Gasteiger partial charge >= 0.3 is 0 Å². The van der Waals surface area contributed by atoms with Crippen LogP contribution in [0.25, 0.3) is 0 Å². The first-order chi connectivity index (χ1) is 5.00. The van der Waals surface area contributed by atoms with Crippen LogP contribution in [-0.2, 0) is 2.69 Å². The number of hydrogen-bond donors (Lipinski definition) is 0. The van der Waals surface area contributed by atoms with Gasteiger partial charge in [0, 0.05) is 4.47 Å². The number of benzene rings is 1. The summed E-state index contributed by atoms with van der Waals surface area (Å²) in [5, 5.41) is 0. The summed E-state index contributed by atoms with van der Waals surface area (Å²) in [6.07, 6.45) is 0. The second-order valence-corrected chi connectivity index (χ2v) is 7.85. The number of rotatable bonds is 1. The van der Waals surface area contributed by atoms with Gasteiger partial charge in [-0.2, -0.15) is 0 Å². The van der Waals surface area contributed by atoms with Crippen molar-refractivity contribution in [2.24, 2.45) is 0 Å². The standard InChI is InChI=1S/C7H4Br3Cl/c8-6-3-1-2-5(4-6)7(9,10)11/h1-4H. The van der Waals surface area contributed by atoms with Crippen molar-refractivity contribution in [1.29, 1.82) is 0 Å². The Morgan fingerprint density at radius 3 is 2.27 bits per heavy atom. The molecule has 0 bridgehead atoms. The predicted octanol–water partition coefficient (Wildman–Crippen LogP) is 4.59. The average Bonchev–Trinajstić information content (AvgIpc) is 1.86. The fourth-order valence-corrected chi connectivity index (χ4v) is 1.67. The largest absolute Gasteiger partial charge is 0.178 e. The Hall–Kier alpha value is 0.950. The zero-order chi connectivity index (χ0) is 8.48. The van der Waals surface area contributed by atoms with Crippen LogP contribution in [0.2, 0.25) is 0 Å². The van der Waals surface area contributed by atoms with Crippen molar-refractivity contribution in [2.45, 2.75) is 2.69 Å². The lowest BCUT2D eigenvalue weighted by Gasteiger charge is -2.11. The van der Waals surface area contributed by atoms with Gasteiger partial charge in [-0.05, 0) is 49.6 Å². The number of alkyl halides is 3. The van der Waals surface area contributed by atoms with Crippen molar-refractivity contribution in [3.63, 3.8) is 0 Å². The lowest BCUT2D eigenvalue weighted by Crippen LogP contribution is -1.96. The highest BCUT2D eigenvalue weighted by atomic mass is 79.9. The maximum atomic E-state index is 5.94. The summed E-state index contributed by atoms with van der Waals surface area (Å²) >= 11 is 15.9. The zero-order valence-corrected chi connectivity index (χ0v) is 10.8. The van der Waals surface area contributed by atoms with Gasteiger partial charge < -0.3 is 0 Å². The van der Waals surface area contributed by atoms with E-state index >= 15 is 0 Å². The van der Waals surface area contributed by atoms with Crippen LogP contribution in [0.4, 0.5) is 0 Å². The van der Waals surface area contributed by atoms with Crippen LogP contribution >= 0.6 is 59.4 Å². The summed E-state index contributed by atoms with van der Waals surface area (Å²) in [7, 11) is 0. The highest BCUT2D eigenvalue weighted by Gasteiger charge is 2.20. The summed E-state index contributed by atoms with van der Waals surface area (Å²) in [5.41, 5.74) is 0.966. The third-order valence-electron chi connectivity index (χ3n) is 1.15. The maximum absolute atomic E-state index is 5.94. The molecule has 0 spiro atoms. The highest BCUT2D eigenvalue weighted by Crippen LogP contribution is 2.42. The Bertz CT molecular complexity index is 254. The van der Waals surface area contributed by atoms with Crippen LogP contribution < -0.4 is 0 Å². The van der Waals surface area contributed by atoms with Gasteiger partial charge in [-0.3, -0.25) is 0 Å². The van der Waals surface area contributed by atoms with E-state index in [1.165, 1.54) is 0 Å². The molecule has 4 heteroatoms. The molecule has 0 aliphatic carbocycles. The molecule has 0 N–H and O–H groups in total. The van der Waals surface area contributed by atoms with Crippen LogP contribution in [0.5, 0.6) is 0 Å². The molecule has 1 aromatic rings. The Morgan fingerprint density at radius 2 is 1.91 bits per heavy atom. The Balaban J connectivity index is 3.06. The van der Waals surface area contributed by atoms with Gasteiger partial charge in [0.25, 0.3) is 0 Å². The molecule has 0 heterocycles. The molecule has 0 saturated heterocycles. The molecule has 1 aromatic carbocycles. The van der Waals surface area contributed by atoms with Gasteiger partial charge in [0.15, 0.2) is 2.69 Å². The summed E-state index contributed by atoms with van der Waals surface area (Å²) < 4.78 is 0.364. The molecule has 1 rings (SSSR count). The van der Waals surface area contributed by atoms with Crippen LogP contribution in [-0.4, -0.2) is 0 Å². The number of halogens is 4. The molecule has 0 atom stereocenters. The van der Waals surface area contributed by atoms with Gasteiger partial charge in [0.1, 0.15) is 0 Å². The van der Waals surface area contributed by atoms with E-state index < -0.39 is 2.69 Å². The molecule has 0 nitrogen and oxygen atoms in total. The Kier molecular flexibility index (Phi) is 3.44. The van der Waals surface area contributed by atoms with Crippen LogP contribution in [0, 0.1) is 0 Å². The van der Waals surface area contributed by atoms with E-state index in [-0.39, 0.29) is 0 Å². The molecule has 0 unspecified atom stereocenters. The minimum Gasteiger partial charge on any atom is -0.0886 e. The van der Waals surface area contributed by atoms with E-state index in [2.05, 4.69) is 47.8 Å². The molecule has 0 radical (unpaired) electrons.